The molecule has 4 N–H and O–H groups in total. The average Bonchev–Trinajstić information content (AvgIpc) is 3.31. The number of carbonyl (C=O) groups is 2. The first-order valence-corrected chi connectivity index (χ1v) is 29.9. The third-order valence-electron chi connectivity index (χ3n) is 13.3. The van der Waals surface area contributed by atoms with Crippen molar-refractivity contribution in [1.29, 1.82) is 0 Å². The van der Waals surface area contributed by atoms with Crippen LogP contribution in [0.5, 0.6) is 0 Å². The van der Waals surface area contributed by atoms with E-state index in [1.807, 2.05) is 0 Å². The zero-order valence-corrected chi connectivity index (χ0v) is 44.3. The van der Waals surface area contributed by atoms with Gasteiger partial charge in [-0.1, -0.05) is 238 Å². The Hall–Kier alpha value is -1.61. The molecule has 1 rings (SSSR count). The molecule has 2 unspecified atom stereocenters. The van der Waals surface area contributed by atoms with E-state index in [0.29, 0.717) is 12.8 Å². The lowest BCUT2D eigenvalue weighted by molar-refractivity contribution is -0.297. The fourth-order valence-corrected chi connectivity index (χ4v) is 9.67. The summed E-state index contributed by atoms with van der Waals surface area (Å²) >= 11 is 0. The van der Waals surface area contributed by atoms with Crippen molar-refractivity contribution in [2.24, 2.45) is 0 Å². The van der Waals surface area contributed by atoms with E-state index in [1.54, 1.807) is 0 Å². The van der Waals surface area contributed by atoms with Crippen LogP contribution in [-0.4, -0.2) is 96.0 Å². The van der Waals surface area contributed by atoms with Crippen LogP contribution >= 0.6 is 0 Å². The molecule has 1 saturated heterocycles. The molecule has 402 valence electrons. The van der Waals surface area contributed by atoms with Crippen LogP contribution in [0.2, 0.25) is 0 Å². The van der Waals surface area contributed by atoms with Crippen molar-refractivity contribution in [3.8, 4) is 0 Å². The Bertz CT molecular complexity index is 1300. The van der Waals surface area contributed by atoms with Gasteiger partial charge < -0.3 is 34.3 Å². The van der Waals surface area contributed by atoms with Gasteiger partial charge in [0.05, 0.1) is 6.61 Å². The quantitative estimate of drug-likeness (QED) is 0.0196. The van der Waals surface area contributed by atoms with E-state index < -0.39 is 71.2 Å². The lowest BCUT2D eigenvalue weighted by Crippen LogP contribution is -2.60. The molecule has 1 aliphatic heterocycles. The molecule has 12 nitrogen and oxygen atoms in total. The van der Waals surface area contributed by atoms with E-state index in [4.69, 9.17) is 18.9 Å². The molecule has 0 aromatic heterocycles. The third kappa shape index (κ3) is 39.1. The molecule has 0 saturated carbocycles. The number of allylic oxidation sites excluding steroid dienone is 2. The minimum absolute atomic E-state index is 0.165. The molecular weight excluding hydrogens is 885 g/mol. The topological polar surface area (TPSA) is 186 Å². The molecule has 0 aromatic carbocycles. The number of aliphatic hydroxyl groups excluding tert-OH is 3. The van der Waals surface area contributed by atoms with Gasteiger partial charge in [0.15, 0.2) is 12.4 Å². The molecule has 0 bridgehead atoms. The molecule has 68 heavy (non-hydrogen) atoms. The third-order valence-corrected chi connectivity index (χ3v) is 14.1. The maximum absolute atomic E-state index is 12.9. The average molecular weight is 989 g/mol. The molecule has 0 aromatic rings. The zero-order valence-electron chi connectivity index (χ0n) is 43.5. The Balaban J connectivity index is 2.31. The highest BCUT2D eigenvalue weighted by atomic mass is 32.2. The number of rotatable bonds is 49. The molecule has 0 radical (unpaired) electrons. The van der Waals surface area contributed by atoms with Gasteiger partial charge in [0.2, 0.25) is 0 Å². The fraction of sp³-hybridized carbons (Fsp3) is 0.927. The molecule has 0 spiro atoms. The second-order valence-electron chi connectivity index (χ2n) is 20.0. The highest BCUT2D eigenvalue weighted by Crippen LogP contribution is 2.24. The van der Waals surface area contributed by atoms with E-state index in [2.05, 4.69) is 26.0 Å². The van der Waals surface area contributed by atoms with Crippen LogP contribution in [0.1, 0.15) is 271 Å². The molecule has 1 heterocycles. The number of carbonyl (C=O) groups excluding carboxylic acids is 2. The van der Waals surface area contributed by atoms with Crippen molar-refractivity contribution < 1.29 is 56.8 Å². The summed E-state index contributed by atoms with van der Waals surface area (Å²) < 4.78 is 54.3. The summed E-state index contributed by atoms with van der Waals surface area (Å²) in [5.41, 5.74) is 0. The first kappa shape index (κ1) is 64.4. The van der Waals surface area contributed by atoms with Crippen molar-refractivity contribution in [3.05, 3.63) is 12.2 Å². The first-order valence-electron chi connectivity index (χ1n) is 28.2. The summed E-state index contributed by atoms with van der Waals surface area (Å²) in [5.74, 6) is -2.00. The molecule has 1 aliphatic rings. The Morgan fingerprint density at radius 2 is 0.853 bits per heavy atom. The van der Waals surface area contributed by atoms with E-state index >= 15 is 0 Å². The van der Waals surface area contributed by atoms with Crippen LogP contribution in [0.25, 0.3) is 0 Å². The monoisotopic (exact) mass is 989 g/mol. The molecule has 13 heteroatoms. The number of ether oxygens (including phenoxy) is 4. The molecule has 0 aliphatic carbocycles. The van der Waals surface area contributed by atoms with Crippen LogP contribution in [-0.2, 0) is 38.7 Å². The minimum Gasteiger partial charge on any atom is -0.462 e. The molecule has 6 atom stereocenters. The summed E-state index contributed by atoms with van der Waals surface area (Å²) in [4.78, 5) is 25.6. The Morgan fingerprint density at radius 1 is 0.485 bits per heavy atom. The second-order valence-corrected chi connectivity index (χ2v) is 21.5. The van der Waals surface area contributed by atoms with E-state index in [0.717, 1.165) is 32.1 Å². The van der Waals surface area contributed by atoms with Crippen molar-refractivity contribution in [1.82, 2.24) is 0 Å². The van der Waals surface area contributed by atoms with Gasteiger partial charge in [0.25, 0.3) is 10.1 Å². The van der Waals surface area contributed by atoms with E-state index in [1.165, 1.54) is 199 Å². The van der Waals surface area contributed by atoms with Gasteiger partial charge in [0, 0.05) is 12.8 Å². The summed E-state index contributed by atoms with van der Waals surface area (Å²) in [6.45, 7) is 3.80. The van der Waals surface area contributed by atoms with Crippen LogP contribution < -0.4 is 0 Å². The smallest absolute Gasteiger partial charge is 0.306 e. The van der Waals surface area contributed by atoms with Gasteiger partial charge in [-0.2, -0.15) is 8.42 Å². The number of esters is 2. The Morgan fingerprint density at radius 3 is 1.26 bits per heavy atom. The molecular formula is C55H104O12S. The predicted molar refractivity (Wildman–Crippen MR) is 275 cm³/mol. The van der Waals surface area contributed by atoms with Gasteiger partial charge in [-0.05, 0) is 32.1 Å². The summed E-state index contributed by atoms with van der Waals surface area (Å²) in [6, 6.07) is 0. The van der Waals surface area contributed by atoms with Gasteiger partial charge in [-0.25, -0.2) is 0 Å². The van der Waals surface area contributed by atoms with Crippen LogP contribution in [0.4, 0.5) is 0 Å². The summed E-state index contributed by atoms with van der Waals surface area (Å²) in [7, 11) is -4.61. The van der Waals surface area contributed by atoms with Crippen molar-refractivity contribution in [3.63, 3.8) is 0 Å². The lowest BCUT2D eigenvalue weighted by Gasteiger charge is -2.40. The standard InChI is InChI=1S/C55H104O12S/c1-3-5-7-9-11-13-15-17-19-21-22-23-24-25-26-28-29-31-33-35-37-39-41-43-50(56)64-45-48(46-65-55-54(60)53(59)52(58)49(67-55)47-68(61,62)63)66-51(57)44-42-40-38-36-34-32-30-27-20-18-16-14-12-10-8-6-4-2/h35,37,48-49,52-55,58-60H,3-34,36,38-47H2,1-2H3,(H,61,62,63)/b37-35+/t48-,49-,52-,53?,54?,55+/m1/s1. The maximum atomic E-state index is 12.9. The van der Waals surface area contributed by atoms with Gasteiger partial charge in [0.1, 0.15) is 36.8 Å². The Kier molecular flexibility index (Phi) is 42.9. The van der Waals surface area contributed by atoms with Crippen molar-refractivity contribution in [2.45, 2.75) is 307 Å². The fourth-order valence-electron chi connectivity index (χ4n) is 8.98. The zero-order chi connectivity index (χ0) is 49.8. The summed E-state index contributed by atoms with van der Waals surface area (Å²) in [6.07, 6.45) is 42.7. The highest BCUT2D eigenvalue weighted by Gasteiger charge is 2.46. The van der Waals surface area contributed by atoms with Gasteiger partial charge in [-0.15, -0.1) is 0 Å². The van der Waals surface area contributed by atoms with Crippen LogP contribution in [0.15, 0.2) is 12.2 Å². The first-order chi connectivity index (χ1) is 33.0. The van der Waals surface area contributed by atoms with Crippen molar-refractivity contribution in [2.75, 3.05) is 19.0 Å². The minimum atomic E-state index is -4.61. The van der Waals surface area contributed by atoms with Gasteiger partial charge in [-0.3, -0.25) is 14.1 Å². The van der Waals surface area contributed by atoms with E-state index in [-0.39, 0.29) is 19.4 Å². The maximum Gasteiger partial charge on any atom is 0.306 e. The van der Waals surface area contributed by atoms with Crippen LogP contribution in [0, 0.1) is 0 Å². The lowest BCUT2D eigenvalue weighted by atomic mass is 10.00. The normalized spacial score (nSPS) is 19.2. The van der Waals surface area contributed by atoms with Gasteiger partial charge >= 0.3 is 11.9 Å². The van der Waals surface area contributed by atoms with Crippen molar-refractivity contribution >= 4 is 22.1 Å². The predicted octanol–water partition coefficient (Wildman–Crippen LogP) is 13.4. The highest BCUT2D eigenvalue weighted by molar-refractivity contribution is 7.85. The van der Waals surface area contributed by atoms with Crippen LogP contribution in [0.3, 0.4) is 0 Å². The number of hydrogen-bond acceptors (Lipinski definition) is 11. The number of hydrogen-bond donors (Lipinski definition) is 4. The molecule has 0 amide bonds. The number of unbranched alkanes of at least 4 members (excludes halogenated alkanes) is 35. The van der Waals surface area contributed by atoms with E-state index in [9.17, 15) is 37.9 Å². The Labute approximate surface area is 416 Å². The largest absolute Gasteiger partial charge is 0.462 e. The second kappa shape index (κ2) is 45.3. The molecule has 1 fully saturated rings. The summed E-state index contributed by atoms with van der Waals surface area (Å²) in [5, 5.41) is 31.0. The SMILES string of the molecule is CCCCCCCCCCCCCCCCCCCC/C=C/CCCC(=O)OC[C@H](CO[C@H]1O[C@H](CS(=O)(=O)O)[C@@H](O)C(O)C1O)OC(=O)CCCCCCCCCCCCCCCCCCC. The number of aliphatic hydroxyl groups is 3.